The molecule has 1 saturated heterocycles. The molecular weight excluding hydrogens is 512 g/mol. The summed E-state index contributed by atoms with van der Waals surface area (Å²) in [5, 5.41) is 7.89. The van der Waals surface area contributed by atoms with Crippen molar-refractivity contribution in [2.45, 2.75) is 33.4 Å². The average molecular weight is 547 g/mol. The molecule has 4 aromatic rings. The number of aryl methyl sites for hydroxylation is 1. The van der Waals surface area contributed by atoms with Crippen LogP contribution in [-0.2, 0) is 11.3 Å². The maximum Gasteiger partial charge on any atom is 0.258 e. The number of rotatable bonds is 9. The number of ether oxygens (including phenoxy) is 1. The first-order valence-electron chi connectivity index (χ1n) is 13.0. The van der Waals surface area contributed by atoms with Gasteiger partial charge in [0.1, 0.15) is 10.8 Å². The molecule has 198 valence electrons. The summed E-state index contributed by atoms with van der Waals surface area (Å²) in [5.41, 5.74) is 6.33. The minimum absolute atomic E-state index is 0.0263. The van der Waals surface area contributed by atoms with Crippen molar-refractivity contribution in [3.63, 3.8) is 0 Å². The summed E-state index contributed by atoms with van der Waals surface area (Å²) in [6.45, 7) is 11.0. The lowest BCUT2D eigenvalue weighted by Gasteiger charge is -2.37. The standard InChI is InChI=1S/C30H34N4O2S2/c1-21-6-4-7-26(22(21)2)34-14-12-33(13-15-34)19-25-18-24(28-8-5-16-37-28)9-10-27(25)36-20-29(35)32-23(3)30-31-11-17-38-30/h4-11,16-18,23H,12-15,19-20H2,1-3H3,(H,32,35). The first kappa shape index (κ1) is 26.4. The zero-order valence-corrected chi connectivity index (χ0v) is 23.8. The SMILES string of the molecule is Cc1cccc(N2CCN(Cc3cc(-c4cccs4)ccc3OCC(=O)NC(C)c3nccs3)CC2)c1C. The van der Waals surface area contributed by atoms with Crippen molar-refractivity contribution in [2.75, 3.05) is 37.7 Å². The molecule has 6 nitrogen and oxygen atoms in total. The van der Waals surface area contributed by atoms with E-state index in [2.05, 4.69) is 81.8 Å². The van der Waals surface area contributed by atoms with Crippen molar-refractivity contribution in [3.05, 3.63) is 87.2 Å². The van der Waals surface area contributed by atoms with E-state index < -0.39 is 0 Å². The molecule has 1 aliphatic rings. The molecular formula is C30H34N4O2S2. The number of piperazine rings is 1. The zero-order valence-electron chi connectivity index (χ0n) is 22.1. The fourth-order valence-electron chi connectivity index (χ4n) is 4.84. The van der Waals surface area contributed by atoms with Crippen molar-refractivity contribution < 1.29 is 9.53 Å². The Morgan fingerprint density at radius 1 is 1.05 bits per heavy atom. The molecule has 1 amide bonds. The van der Waals surface area contributed by atoms with E-state index >= 15 is 0 Å². The number of thiazole rings is 1. The van der Waals surface area contributed by atoms with Gasteiger partial charge in [-0.05, 0) is 73.2 Å². The second kappa shape index (κ2) is 12.1. The van der Waals surface area contributed by atoms with Crippen LogP contribution in [0.2, 0.25) is 0 Å². The topological polar surface area (TPSA) is 57.7 Å². The van der Waals surface area contributed by atoms with Crippen LogP contribution in [0.15, 0.2) is 65.5 Å². The monoisotopic (exact) mass is 546 g/mol. The largest absolute Gasteiger partial charge is 0.483 e. The fourth-order valence-corrected chi connectivity index (χ4v) is 6.21. The second-order valence-corrected chi connectivity index (χ2v) is 11.6. The molecule has 1 fully saturated rings. The number of benzene rings is 2. The summed E-state index contributed by atoms with van der Waals surface area (Å²) in [4.78, 5) is 23.1. The molecule has 2 aromatic heterocycles. The normalized spacial score (nSPS) is 14.9. The van der Waals surface area contributed by atoms with Crippen LogP contribution in [0.5, 0.6) is 5.75 Å². The Kier molecular flexibility index (Phi) is 8.42. The summed E-state index contributed by atoms with van der Waals surface area (Å²) >= 11 is 3.27. The highest BCUT2D eigenvalue weighted by Gasteiger charge is 2.21. The number of carbonyl (C=O) groups excluding carboxylic acids is 1. The number of carbonyl (C=O) groups is 1. The number of anilines is 1. The van der Waals surface area contributed by atoms with Crippen LogP contribution < -0.4 is 15.0 Å². The van der Waals surface area contributed by atoms with Crippen LogP contribution in [0.1, 0.15) is 34.7 Å². The first-order chi connectivity index (χ1) is 18.5. The quantitative estimate of drug-likeness (QED) is 0.276. The second-order valence-electron chi connectivity index (χ2n) is 9.73. The van der Waals surface area contributed by atoms with Gasteiger partial charge in [-0.25, -0.2) is 4.98 Å². The number of thiophene rings is 1. The van der Waals surface area contributed by atoms with Gasteiger partial charge < -0.3 is 15.0 Å². The van der Waals surface area contributed by atoms with Crippen LogP contribution in [0.25, 0.3) is 10.4 Å². The summed E-state index contributed by atoms with van der Waals surface area (Å²) in [6, 6.07) is 16.9. The molecule has 0 aliphatic carbocycles. The number of aromatic nitrogens is 1. The van der Waals surface area contributed by atoms with E-state index in [1.54, 1.807) is 17.5 Å². The lowest BCUT2D eigenvalue weighted by atomic mass is 10.1. The average Bonchev–Trinajstić information content (AvgIpc) is 3.65. The van der Waals surface area contributed by atoms with Crippen molar-refractivity contribution in [1.29, 1.82) is 0 Å². The Morgan fingerprint density at radius 3 is 2.63 bits per heavy atom. The maximum absolute atomic E-state index is 12.6. The molecule has 0 radical (unpaired) electrons. The minimum Gasteiger partial charge on any atom is -0.483 e. The van der Waals surface area contributed by atoms with E-state index in [1.807, 2.05) is 18.4 Å². The molecule has 8 heteroatoms. The molecule has 1 N–H and O–H groups in total. The van der Waals surface area contributed by atoms with E-state index in [0.717, 1.165) is 49.0 Å². The maximum atomic E-state index is 12.6. The van der Waals surface area contributed by atoms with Crippen molar-refractivity contribution >= 4 is 34.3 Å². The smallest absolute Gasteiger partial charge is 0.258 e. The summed E-state index contributed by atoms with van der Waals surface area (Å²) < 4.78 is 6.09. The Morgan fingerprint density at radius 2 is 1.89 bits per heavy atom. The molecule has 2 aromatic carbocycles. The highest BCUT2D eigenvalue weighted by Crippen LogP contribution is 2.31. The Hall–Kier alpha value is -3.20. The van der Waals surface area contributed by atoms with E-state index in [9.17, 15) is 4.79 Å². The predicted octanol–water partition coefficient (Wildman–Crippen LogP) is 6.07. The van der Waals surface area contributed by atoms with Gasteiger partial charge >= 0.3 is 0 Å². The number of nitrogens with zero attached hydrogens (tertiary/aromatic N) is 3. The van der Waals surface area contributed by atoms with Gasteiger partial charge in [-0.15, -0.1) is 22.7 Å². The van der Waals surface area contributed by atoms with Crippen molar-refractivity contribution in [1.82, 2.24) is 15.2 Å². The number of amides is 1. The third-order valence-electron chi connectivity index (χ3n) is 7.11. The molecule has 0 spiro atoms. The third kappa shape index (κ3) is 6.26. The van der Waals surface area contributed by atoms with Crippen LogP contribution in [-0.4, -0.2) is 48.6 Å². The zero-order chi connectivity index (χ0) is 26.5. The summed E-state index contributed by atoms with van der Waals surface area (Å²) in [5.74, 6) is 0.613. The Labute approximate surface area is 232 Å². The van der Waals surface area contributed by atoms with E-state index in [4.69, 9.17) is 4.74 Å². The van der Waals surface area contributed by atoms with Gasteiger partial charge in [0.05, 0.1) is 6.04 Å². The van der Waals surface area contributed by atoms with Gasteiger partial charge in [-0.2, -0.15) is 0 Å². The van der Waals surface area contributed by atoms with Crippen molar-refractivity contribution in [2.24, 2.45) is 0 Å². The fraction of sp³-hybridized carbons (Fsp3) is 0.333. The third-order valence-corrected chi connectivity index (χ3v) is 8.98. The van der Waals surface area contributed by atoms with E-state index in [-0.39, 0.29) is 18.6 Å². The molecule has 0 saturated carbocycles. The minimum atomic E-state index is -0.150. The molecule has 0 bridgehead atoms. The molecule has 1 unspecified atom stereocenters. The van der Waals surface area contributed by atoms with Gasteiger partial charge in [0.15, 0.2) is 6.61 Å². The van der Waals surface area contributed by atoms with Crippen LogP contribution >= 0.6 is 22.7 Å². The number of nitrogens with one attached hydrogen (secondary N) is 1. The lowest BCUT2D eigenvalue weighted by molar-refractivity contribution is -0.123. The number of hydrogen-bond acceptors (Lipinski definition) is 7. The van der Waals surface area contributed by atoms with Gasteiger partial charge in [-0.3, -0.25) is 9.69 Å². The summed E-state index contributed by atoms with van der Waals surface area (Å²) in [7, 11) is 0. The molecule has 38 heavy (non-hydrogen) atoms. The number of hydrogen-bond donors (Lipinski definition) is 1. The van der Waals surface area contributed by atoms with Gasteiger partial charge in [0.2, 0.25) is 0 Å². The molecule has 3 heterocycles. The predicted molar refractivity (Wildman–Crippen MR) is 157 cm³/mol. The molecule has 1 atom stereocenters. The van der Waals surface area contributed by atoms with Gasteiger partial charge in [0, 0.05) is 60.4 Å². The van der Waals surface area contributed by atoms with Crippen LogP contribution in [0.4, 0.5) is 5.69 Å². The Bertz CT molecular complexity index is 1350. The summed E-state index contributed by atoms with van der Waals surface area (Å²) in [6.07, 6.45) is 1.75. The molecule has 5 rings (SSSR count). The lowest BCUT2D eigenvalue weighted by Crippen LogP contribution is -2.46. The highest BCUT2D eigenvalue weighted by molar-refractivity contribution is 7.13. The van der Waals surface area contributed by atoms with Crippen LogP contribution in [0, 0.1) is 13.8 Å². The highest BCUT2D eigenvalue weighted by atomic mass is 32.1. The van der Waals surface area contributed by atoms with Gasteiger partial charge in [0.25, 0.3) is 5.91 Å². The first-order valence-corrected chi connectivity index (χ1v) is 14.8. The van der Waals surface area contributed by atoms with E-state index in [0.29, 0.717) is 0 Å². The van der Waals surface area contributed by atoms with E-state index in [1.165, 1.54) is 38.6 Å². The Balaban J connectivity index is 1.26. The van der Waals surface area contributed by atoms with Crippen LogP contribution in [0.3, 0.4) is 0 Å². The van der Waals surface area contributed by atoms with Gasteiger partial charge in [-0.1, -0.05) is 18.2 Å². The van der Waals surface area contributed by atoms with Crippen molar-refractivity contribution in [3.8, 4) is 16.2 Å². The molecule has 1 aliphatic heterocycles.